The van der Waals surface area contributed by atoms with Crippen LogP contribution in [0.4, 0.5) is 0 Å². The molecule has 0 amide bonds. The smallest absolute Gasteiger partial charge is 0.303 e. The van der Waals surface area contributed by atoms with Gasteiger partial charge >= 0.3 is 5.97 Å². The van der Waals surface area contributed by atoms with Gasteiger partial charge in [0.15, 0.2) is 0 Å². The molecular formula is C16H21N3O2. The molecule has 0 radical (unpaired) electrons. The highest BCUT2D eigenvalue weighted by molar-refractivity contribution is 5.75. The van der Waals surface area contributed by atoms with E-state index in [-0.39, 0.29) is 12.3 Å². The summed E-state index contributed by atoms with van der Waals surface area (Å²) in [5.74, 6) is 0.922. The number of nitrogens with zero attached hydrogens (tertiary/aromatic N) is 2. The van der Waals surface area contributed by atoms with E-state index in [4.69, 9.17) is 10.1 Å². The number of hydrogen-bond donors (Lipinski definition) is 2. The number of benzene rings is 1. The first kappa shape index (κ1) is 14.1. The lowest BCUT2D eigenvalue weighted by atomic mass is 9.82. The number of nitrogens with one attached hydrogen (secondary N) is 1. The van der Waals surface area contributed by atoms with Gasteiger partial charge in [0, 0.05) is 19.9 Å². The third-order valence-electron chi connectivity index (χ3n) is 4.53. The monoisotopic (exact) mass is 287 g/mol. The average Bonchev–Trinajstić information content (AvgIpc) is 2.78. The summed E-state index contributed by atoms with van der Waals surface area (Å²) < 4.78 is 2.13. The van der Waals surface area contributed by atoms with Gasteiger partial charge in [-0.3, -0.25) is 4.79 Å². The van der Waals surface area contributed by atoms with Gasteiger partial charge in [-0.15, -0.1) is 0 Å². The third-order valence-corrected chi connectivity index (χ3v) is 4.53. The van der Waals surface area contributed by atoms with Gasteiger partial charge in [0.2, 0.25) is 0 Å². The average molecular weight is 287 g/mol. The van der Waals surface area contributed by atoms with Crippen molar-refractivity contribution in [1.82, 2.24) is 14.9 Å². The quantitative estimate of drug-likeness (QED) is 0.900. The summed E-state index contributed by atoms with van der Waals surface area (Å²) in [5.41, 5.74) is 2.14. The summed E-state index contributed by atoms with van der Waals surface area (Å²) in [7, 11) is 2.03. The van der Waals surface area contributed by atoms with Gasteiger partial charge in [0.05, 0.1) is 11.0 Å². The minimum absolute atomic E-state index is 0.239. The van der Waals surface area contributed by atoms with Crippen LogP contribution in [0.5, 0.6) is 0 Å². The molecule has 1 aliphatic rings. The molecule has 0 spiro atoms. The molecule has 0 bridgehead atoms. The number of aromatic nitrogens is 2. The molecule has 21 heavy (non-hydrogen) atoms. The van der Waals surface area contributed by atoms with Crippen LogP contribution in [0.3, 0.4) is 0 Å². The lowest BCUT2D eigenvalue weighted by Crippen LogP contribution is -2.39. The number of carboxylic acids is 1. The van der Waals surface area contributed by atoms with Gasteiger partial charge in [-0.05, 0) is 43.5 Å². The number of rotatable bonds is 4. The molecule has 0 saturated carbocycles. The lowest BCUT2D eigenvalue weighted by Gasteiger charge is -2.31. The van der Waals surface area contributed by atoms with E-state index in [0.717, 1.165) is 42.8 Å². The summed E-state index contributed by atoms with van der Waals surface area (Å²) in [6.45, 7) is 1.79. The number of piperidine rings is 1. The Labute approximate surface area is 124 Å². The Balaban J connectivity index is 1.82. The summed E-state index contributed by atoms with van der Waals surface area (Å²) in [5, 5.41) is 12.5. The second-order valence-electron chi connectivity index (χ2n) is 5.89. The Bertz CT molecular complexity index is 650. The Morgan fingerprint density at radius 2 is 2.24 bits per heavy atom. The molecule has 5 nitrogen and oxygen atoms in total. The first-order valence-electron chi connectivity index (χ1n) is 7.48. The second kappa shape index (κ2) is 5.85. The van der Waals surface area contributed by atoms with Crippen molar-refractivity contribution in [3.8, 4) is 0 Å². The molecule has 1 saturated heterocycles. The molecule has 1 aromatic carbocycles. The number of carbonyl (C=O) groups is 1. The van der Waals surface area contributed by atoms with Crippen molar-refractivity contribution >= 4 is 17.0 Å². The Morgan fingerprint density at radius 1 is 1.43 bits per heavy atom. The van der Waals surface area contributed by atoms with E-state index in [1.807, 2.05) is 25.2 Å². The Morgan fingerprint density at radius 3 is 3.00 bits per heavy atom. The standard InChI is InChI=1S/C16H21N3O2/c1-19-14-5-3-2-4-13(14)18-15(19)8-12-10-17-7-6-11(12)9-16(20)21/h2-5,11-12,17H,6-10H2,1H3,(H,20,21). The van der Waals surface area contributed by atoms with E-state index >= 15 is 0 Å². The maximum absolute atomic E-state index is 11.0. The molecular weight excluding hydrogens is 266 g/mol. The Hall–Kier alpha value is -1.88. The van der Waals surface area contributed by atoms with E-state index in [1.165, 1.54) is 0 Å². The third kappa shape index (κ3) is 2.93. The molecule has 112 valence electrons. The van der Waals surface area contributed by atoms with E-state index in [9.17, 15) is 4.79 Å². The summed E-state index contributed by atoms with van der Waals surface area (Å²) in [6.07, 6.45) is 2.02. The highest BCUT2D eigenvalue weighted by Crippen LogP contribution is 2.27. The number of fused-ring (bicyclic) bond motifs is 1. The molecule has 2 N–H and O–H groups in total. The highest BCUT2D eigenvalue weighted by atomic mass is 16.4. The highest BCUT2D eigenvalue weighted by Gasteiger charge is 2.28. The summed E-state index contributed by atoms with van der Waals surface area (Å²) in [6, 6.07) is 8.10. The molecule has 2 heterocycles. The van der Waals surface area contributed by atoms with Crippen molar-refractivity contribution in [2.45, 2.75) is 19.3 Å². The van der Waals surface area contributed by atoms with Crippen LogP contribution in [0.15, 0.2) is 24.3 Å². The first-order valence-corrected chi connectivity index (χ1v) is 7.48. The van der Waals surface area contributed by atoms with Crippen LogP contribution in [0.25, 0.3) is 11.0 Å². The van der Waals surface area contributed by atoms with Crippen LogP contribution in [0.2, 0.25) is 0 Å². The van der Waals surface area contributed by atoms with Crippen LogP contribution in [0.1, 0.15) is 18.7 Å². The molecule has 1 aromatic heterocycles. The molecule has 1 aliphatic heterocycles. The van der Waals surface area contributed by atoms with Gasteiger partial charge in [-0.1, -0.05) is 12.1 Å². The zero-order chi connectivity index (χ0) is 14.8. The fraction of sp³-hybridized carbons (Fsp3) is 0.500. The van der Waals surface area contributed by atoms with Gasteiger partial charge < -0.3 is 15.0 Å². The van der Waals surface area contributed by atoms with Crippen molar-refractivity contribution in [3.05, 3.63) is 30.1 Å². The topological polar surface area (TPSA) is 67.2 Å². The summed E-state index contributed by atoms with van der Waals surface area (Å²) in [4.78, 5) is 15.7. The predicted octanol–water partition coefficient (Wildman–Crippen LogP) is 1.82. The largest absolute Gasteiger partial charge is 0.481 e. The van der Waals surface area contributed by atoms with E-state index in [2.05, 4.69) is 16.0 Å². The molecule has 2 atom stereocenters. The van der Waals surface area contributed by atoms with Crippen molar-refractivity contribution < 1.29 is 9.90 Å². The SMILES string of the molecule is Cn1c(CC2CNCCC2CC(=O)O)nc2ccccc21. The number of para-hydroxylation sites is 2. The van der Waals surface area contributed by atoms with E-state index in [0.29, 0.717) is 5.92 Å². The Kier molecular flexibility index (Phi) is 3.92. The van der Waals surface area contributed by atoms with Crippen LogP contribution in [-0.2, 0) is 18.3 Å². The predicted molar refractivity (Wildman–Crippen MR) is 81.1 cm³/mol. The number of hydrogen-bond acceptors (Lipinski definition) is 3. The van der Waals surface area contributed by atoms with Crippen molar-refractivity contribution in [1.29, 1.82) is 0 Å². The maximum atomic E-state index is 11.0. The van der Waals surface area contributed by atoms with Crippen molar-refractivity contribution in [2.75, 3.05) is 13.1 Å². The number of carboxylic acid groups (broad SMARTS) is 1. The first-order chi connectivity index (χ1) is 10.1. The van der Waals surface area contributed by atoms with Gasteiger partial charge in [-0.2, -0.15) is 0 Å². The van der Waals surface area contributed by atoms with Crippen LogP contribution >= 0.6 is 0 Å². The maximum Gasteiger partial charge on any atom is 0.303 e. The van der Waals surface area contributed by atoms with Crippen LogP contribution in [0, 0.1) is 11.8 Å². The van der Waals surface area contributed by atoms with E-state index < -0.39 is 5.97 Å². The number of aliphatic carboxylic acids is 1. The minimum atomic E-state index is -0.697. The minimum Gasteiger partial charge on any atom is -0.481 e. The van der Waals surface area contributed by atoms with E-state index in [1.54, 1.807) is 0 Å². The summed E-state index contributed by atoms with van der Waals surface area (Å²) >= 11 is 0. The van der Waals surface area contributed by atoms with Crippen molar-refractivity contribution in [3.63, 3.8) is 0 Å². The molecule has 2 aromatic rings. The number of imidazole rings is 1. The molecule has 2 unspecified atom stereocenters. The van der Waals surface area contributed by atoms with Gasteiger partial charge in [-0.25, -0.2) is 4.98 Å². The fourth-order valence-corrected chi connectivity index (χ4v) is 3.32. The molecule has 3 rings (SSSR count). The lowest BCUT2D eigenvalue weighted by molar-refractivity contribution is -0.138. The molecule has 0 aliphatic carbocycles. The van der Waals surface area contributed by atoms with Gasteiger partial charge in [0.1, 0.15) is 5.82 Å². The zero-order valence-corrected chi connectivity index (χ0v) is 12.2. The normalized spacial score (nSPS) is 22.5. The van der Waals surface area contributed by atoms with Crippen LogP contribution in [-0.4, -0.2) is 33.7 Å². The van der Waals surface area contributed by atoms with Crippen molar-refractivity contribution in [2.24, 2.45) is 18.9 Å². The zero-order valence-electron chi connectivity index (χ0n) is 12.2. The second-order valence-corrected chi connectivity index (χ2v) is 5.89. The molecule has 5 heteroatoms. The van der Waals surface area contributed by atoms with Crippen LogP contribution < -0.4 is 5.32 Å². The van der Waals surface area contributed by atoms with Gasteiger partial charge in [0.25, 0.3) is 0 Å². The molecule has 1 fully saturated rings. The fourth-order valence-electron chi connectivity index (χ4n) is 3.32. The number of aryl methyl sites for hydroxylation is 1.